The Balaban J connectivity index is 0.00000121. The number of allylic oxidation sites excluding steroid dienone is 1. The Labute approximate surface area is 70.7 Å². The predicted molar refractivity (Wildman–Crippen MR) is 43.7 cm³/mol. The van der Waals surface area contributed by atoms with Gasteiger partial charge in [-0.05, 0) is 12.6 Å². The van der Waals surface area contributed by atoms with Gasteiger partial charge in [-0.25, -0.2) is 0 Å². The quantitative estimate of drug-likeness (QED) is 0.450. The first-order valence-corrected chi connectivity index (χ1v) is 3.52. The van der Waals surface area contributed by atoms with E-state index in [0.717, 1.165) is 0 Å². The smallest absolute Gasteiger partial charge is 0.306 e. The van der Waals surface area contributed by atoms with E-state index in [1.54, 1.807) is 12.3 Å². The number of hydrogen-bond acceptors (Lipinski definition) is 4. The number of aliphatic carboxylic acids is 1. The molecule has 0 aromatic heterocycles. The second-order valence-electron chi connectivity index (χ2n) is 2.59. The van der Waals surface area contributed by atoms with Crippen molar-refractivity contribution in [3.63, 3.8) is 0 Å². The lowest BCUT2D eigenvalue weighted by Gasteiger charge is -2.11. The van der Waals surface area contributed by atoms with Crippen molar-refractivity contribution in [2.45, 2.75) is 19.1 Å². The topological polar surface area (TPSA) is 105 Å². The van der Waals surface area contributed by atoms with Crippen molar-refractivity contribution in [1.29, 1.82) is 0 Å². The second kappa shape index (κ2) is 4.74. The van der Waals surface area contributed by atoms with E-state index >= 15 is 0 Å². The van der Waals surface area contributed by atoms with Crippen molar-refractivity contribution >= 4 is 5.97 Å². The molecule has 1 rings (SSSR count). The lowest BCUT2D eigenvalue weighted by Crippen LogP contribution is -2.27. The van der Waals surface area contributed by atoms with Crippen LogP contribution in [0.3, 0.4) is 0 Å². The van der Waals surface area contributed by atoms with Crippen LogP contribution in [-0.2, 0) is 4.79 Å². The van der Waals surface area contributed by atoms with Gasteiger partial charge in [-0.15, -0.1) is 0 Å². The maximum Gasteiger partial charge on any atom is 0.306 e. The van der Waals surface area contributed by atoms with Gasteiger partial charge in [-0.3, -0.25) is 4.79 Å². The molecular formula is C7H14N2O3. The van der Waals surface area contributed by atoms with Crippen molar-refractivity contribution in [3.8, 4) is 0 Å². The Kier molecular flexibility index (Phi) is 4.31. The average molecular weight is 174 g/mol. The molecule has 0 amide bonds. The Morgan fingerprint density at radius 3 is 2.83 bits per heavy atom. The van der Waals surface area contributed by atoms with Crippen LogP contribution in [0.5, 0.6) is 0 Å². The number of rotatable bonds is 1. The molecule has 12 heavy (non-hydrogen) atoms. The van der Waals surface area contributed by atoms with Gasteiger partial charge in [0.2, 0.25) is 0 Å². The summed E-state index contributed by atoms with van der Waals surface area (Å²) in [6, 6.07) is 0. The lowest BCUT2D eigenvalue weighted by molar-refractivity contribution is -0.142. The third-order valence-electron chi connectivity index (χ3n) is 1.68. The Bertz CT molecular complexity index is 181. The van der Waals surface area contributed by atoms with Crippen molar-refractivity contribution in [2.75, 3.05) is 0 Å². The summed E-state index contributed by atoms with van der Waals surface area (Å²) < 4.78 is 0. The van der Waals surface area contributed by atoms with Crippen LogP contribution in [0, 0.1) is 5.92 Å². The van der Waals surface area contributed by atoms with Gasteiger partial charge in [0, 0.05) is 6.42 Å². The number of hydrogen-bond donors (Lipinski definition) is 4. The van der Waals surface area contributed by atoms with E-state index < -0.39 is 18.1 Å². The first-order valence-electron chi connectivity index (χ1n) is 3.52. The Morgan fingerprint density at radius 1 is 1.58 bits per heavy atom. The van der Waals surface area contributed by atoms with E-state index in [-0.39, 0.29) is 12.6 Å². The summed E-state index contributed by atoms with van der Waals surface area (Å²) in [5.74, 6) is -1.31. The summed E-state index contributed by atoms with van der Waals surface area (Å²) in [6.45, 7) is 0. The van der Waals surface area contributed by atoms with E-state index in [1.165, 1.54) is 0 Å². The number of carbonyl (C=O) groups is 1. The first kappa shape index (κ1) is 10.9. The van der Waals surface area contributed by atoms with Gasteiger partial charge in [0.1, 0.15) is 6.23 Å². The standard InChI is InChI=1S/C7H11NO3.H3N/c9-6-4-5(7(10)11)2-1-3-8-6;/h1,3,5-6,8-9H,2,4H2,(H,10,11);1H3. The molecule has 2 atom stereocenters. The summed E-state index contributed by atoms with van der Waals surface area (Å²) in [6.07, 6.45) is 3.33. The van der Waals surface area contributed by atoms with Crippen molar-refractivity contribution in [2.24, 2.45) is 5.92 Å². The fourth-order valence-electron chi connectivity index (χ4n) is 1.05. The molecule has 5 nitrogen and oxygen atoms in total. The van der Waals surface area contributed by atoms with E-state index in [2.05, 4.69) is 5.32 Å². The molecule has 0 bridgehead atoms. The van der Waals surface area contributed by atoms with Gasteiger partial charge in [0.25, 0.3) is 0 Å². The number of aliphatic hydroxyl groups excluding tert-OH is 1. The molecule has 1 aliphatic rings. The molecule has 2 unspecified atom stereocenters. The minimum atomic E-state index is -0.850. The molecular weight excluding hydrogens is 160 g/mol. The van der Waals surface area contributed by atoms with Crippen LogP contribution in [0.25, 0.3) is 0 Å². The maximum atomic E-state index is 10.5. The van der Waals surface area contributed by atoms with Gasteiger partial charge < -0.3 is 21.7 Å². The molecule has 0 saturated carbocycles. The molecule has 1 aliphatic heterocycles. The van der Waals surface area contributed by atoms with E-state index in [4.69, 9.17) is 10.2 Å². The molecule has 0 aromatic rings. The minimum absolute atomic E-state index is 0. The molecule has 1 heterocycles. The molecule has 70 valence electrons. The van der Waals surface area contributed by atoms with Gasteiger partial charge in [0.05, 0.1) is 5.92 Å². The zero-order valence-corrected chi connectivity index (χ0v) is 6.73. The summed E-state index contributed by atoms with van der Waals surface area (Å²) in [7, 11) is 0. The Morgan fingerprint density at radius 2 is 2.25 bits per heavy atom. The van der Waals surface area contributed by atoms with Crippen LogP contribution in [0.2, 0.25) is 0 Å². The van der Waals surface area contributed by atoms with Crippen LogP contribution in [0.15, 0.2) is 12.3 Å². The van der Waals surface area contributed by atoms with Crippen molar-refractivity contribution in [1.82, 2.24) is 11.5 Å². The number of carboxylic acids is 1. The largest absolute Gasteiger partial charge is 0.481 e. The zero-order chi connectivity index (χ0) is 8.27. The minimum Gasteiger partial charge on any atom is -0.481 e. The van der Waals surface area contributed by atoms with Crippen LogP contribution in [-0.4, -0.2) is 22.4 Å². The predicted octanol–water partition coefficient (Wildman–Crippen LogP) is 0.0647. The van der Waals surface area contributed by atoms with Crippen molar-refractivity contribution in [3.05, 3.63) is 12.3 Å². The lowest BCUT2D eigenvalue weighted by atomic mass is 10.0. The molecule has 0 aliphatic carbocycles. The fraction of sp³-hybridized carbons (Fsp3) is 0.571. The van der Waals surface area contributed by atoms with Gasteiger partial charge in [-0.2, -0.15) is 0 Å². The highest BCUT2D eigenvalue weighted by Gasteiger charge is 2.21. The van der Waals surface area contributed by atoms with Crippen LogP contribution >= 0.6 is 0 Å². The summed E-state index contributed by atoms with van der Waals surface area (Å²) >= 11 is 0. The molecule has 5 heteroatoms. The third-order valence-corrected chi connectivity index (χ3v) is 1.68. The number of nitrogens with one attached hydrogen (secondary N) is 1. The van der Waals surface area contributed by atoms with Gasteiger partial charge >= 0.3 is 5.97 Å². The van der Waals surface area contributed by atoms with Crippen LogP contribution < -0.4 is 11.5 Å². The summed E-state index contributed by atoms with van der Waals surface area (Å²) in [5.41, 5.74) is 0. The van der Waals surface area contributed by atoms with Crippen molar-refractivity contribution < 1.29 is 15.0 Å². The monoisotopic (exact) mass is 174 g/mol. The molecule has 0 aromatic carbocycles. The maximum absolute atomic E-state index is 10.5. The highest BCUT2D eigenvalue weighted by atomic mass is 16.4. The second-order valence-corrected chi connectivity index (χ2v) is 2.59. The van der Waals surface area contributed by atoms with Gasteiger partial charge in [-0.1, -0.05) is 6.08 Å². The molecule has 0 saturated heterocycles. The fourth-order valence-corrected chi connectivity index (χ4v) is 1.05. The highest BCUT2D eigenvalue weighted by molar-refractivity contribution is 5.70. The number of aliphatic hydroxyl groups is 1. The first-order chi connectivity index (χ1) is 5.20. The normalized spacial score (nSPS) is 28.1. The molecule has 0 radical (unpaired) electrons. The zero-order valence-electron chi connectivity index (χ0n) is 6.73. The van der Waals surface area contributed by atoms with Crippen LogP contribution in [0.4, 0.5) is 0 Å². The molecule has 0 spiro atoms. The SMILES string of the molecule is N.O=C(O)C1CC=CNC(O)C1. The summed E-state index contributed by atoms with van der Waals surface area (Å²) in [4.78, 5) is 10.5. The third kappa shape index (κ3) is 2.89. The van der Waals surface area contributed by atoms with E-state index in [1.807, 2.05) is 0 Å². The Hall–Kier alpha value is -1.07. The van der Waals surface area contributed by atoms with Gasteiger partial charge in [0.15, 0.2) is 0 Å². The van der Waals surface area contributed by atoms with E-state index in [0.29, 0.717) is 6.42 Å². The average Bonchev–Trinajstić information content (AvgIpc) is 2.13. The summed E-state index contributed by atoms with van der Waals surface area (Å²) in [5, 5.41) is 20.3. The number of carboxylic acid groups (broad SMARTS) is 1. The highest BCUT2D eigenvalue weighted by Crippen LogP contribution is 2.13. The van der Waals surface area contributed by atoms with Crippen LogP contribution in [0.1, 0.15) is 12.8 Å². The molecule has 0 fully saturated rings. The van der Waals surface area contributed by atoms with E-state index in [9.17, 15) is 4.79 Å². The molecule has 6 N–H and O–H groups in total.